The van der Waals surface area contributed by atoms with Crippen molar-refractivity contribution in [3.05, 3.63) is 28.1 Å². The average molecular weight is 328 g/mol. The summed E-state index contributed by atoms with van der Waals surface area (Å²) in [6.45, 7) is 3.72. The molecule has 19 heavy (non-hydrogen) atoms. The van der Waals surface area contributed by atoms with Crippen molar-refractivity contribution in [3.63, 3.8) is 0 Å². The number of aromatic nitrogens is 3. The van der Waals surface area contributed by atoms with Crippen LogP contribution in [0.2, 0.25) is 0 Å². The van der Waals surface area contributed by atoms with E-state index in [0.717, 1.165) is 0 Å². The first-order valence-electron chi connectivity index (χ1n) is 5.58. The second-order valence-electron chi connectivity index (χ2n) is 4.47. The summed E-state index contributed by atoms with van der Waals surface area (Å²) in [5.74, 6) is -0.464. The van der Waals surface area contributed by atoms with Crippen LogP contribution < -0.4 is 0 Å². The lowest BCUT2D eigenvalue weighted by Gasteiger charge is -2.25. The van der Waals surface area contributed by atoms with Crippen molar-refractivity contribution in [1.29, 1.82) is 0 Å². The van der Waals surface area contributed by atoms with E-state index >= 15 is 0 Å². The summed E-state index contributed by atoms with van der Waals surface area (Å²) in [5.41, 5.74) is 0.850. The fourth-order valence-electron chi connectivity index (χ4n) is 1.87. The summed E-state index contributed by atoms with van der Waals surface area (Å²) >= 11 is 3.30. The Morgan fingerprint density at radius 2 is 2.11 bits per heavy atom. The molecule has 0 unspecified atom stereocenters. The Morgan fingerprint density at radius 1 is 1.42 bits per heavy atom. The van der Waals surface area contributed by atoms with Gasteiger partial charge < -0.3 is 9.47 Å². The van der Waals surface area contributed by atoms with Crippen LogP contribution in [0.4, 0.5) is 0 Å². The molecule has 0 fully saturated rings. The van der Waals surface area contributed by atoms with Crippen LogP contribution in [0.25, 0.3) is 5.65 Å². The van der Waals surface area contributed by atoms with E-state index in [0.29, 0.717) is 21.4 Å². The van der Waals surface area contributed by atoms with Gasteiger partial charge in [0.15, 0.2) is 5.65 Å². The molecule has 0 radical (unpaired) electrons. The topological polar surface area (TPSA) is 65.7 Å². The molecule has 0 aromatic carbocycles. The Hall–Kier alpha value is -1.47. The number of methoxy groups -OCH3 is 2. The molecule has 7 heteroatoms. The zero-order valence-corrected chi connectivity index (χ0v) is 12.7. The van der Waals surface area contributed by atoms with Crippen LogP contribution in [-0.2, 0) is 15.1 Å². The monoisotopic (exact) mass is 327 g/mol. The highest BCUT2D eigenvalue weighted by Gasteiger charge is 2.31. The van der Waals surface area contributed by atoms with Gasteiger partial charge in [0.2, 0.25) is 0 Å². The summed E-state index contributed by atoms with van der Waals surface area (Å²) in [6.07, 6.45) is 3.18. The van der Waals surface area contributed by atoms with Crippen LogP contribution in [0.3, 0.4) is 0 Å². The van der Waals surface area contributed by atoms with Crippen molar-refractivity contribution >= 4 is 27.5 Å². The van der Waals surface area contributed by atoms with Crippen molar-refractivity contribution in [2.45, 2.75) is 19.4 Å². The summed E-state index contributed by atoms with van der Waals surface area (Å²) < 4.78 is 12.5. The quantitative estimate of drug-likeness (QED) is 0.808. The summed E-state index contributed by atoms with van der Waals surface area (Å²) in [6, 6.07) is 0. The SMILES string of the molecule is COC(=O)c1cnn2cc(Br)nc2c1C(C)(C)OC. The van der Waals surface area contributed by atoms with Gasteiger partial charge >= 0.3 is 5.97 Å². The van der Waals surface area contributed by atoms with Crippen molar-refractivity contribution in [3.8, 4) is 0 Å². The van der Waals surface area contributed by atoms with Gasteiger partial charge in [0.25, 0.3) is 0 Å². The number of hydrogen-bond acceptors (Lipinski definition) is 5. The van der Waals surface area contributed by atoms with Gasteiger partial charge in [0.05, 0.1) is 30.7 Å². The minimum absolute atomic E-state index is 0.347. The Morgan fingerprint density at radius 3 is 2.68 bits per heavy atom. The minimum Gasteiger partial charge on any atom is -0.465 e. The second kappa shape index (κ2) is 4.90. The van der Waals surface area contributed by atoms with Crippen LogP contribution >= 0.6 is 15.9 Å². The van der Waals surface area contributed by atoms with Crippen molar-refractivity contribution < 1.29 is 14.3 Å². The van der Waals surface area contributed by atoms with E-state index in [1.54, 1.807) is 17.8 Å². The Bertz CT molecular complexity index is 636. The molecular formula is C12H14BrN3O3. The number of fused-ring (bicyclic) bond motifs is 1. The molecule has 0 amide bonds. The molecule has 0 spiro atoms. The number of esters is 1. The third kappa shape index (κ3) is 2.35. The highest BCUT2D eigenvalue weighted by Crippen LogP contribution is 2.31. The van der Waals surface area contributed by atoms with E-state index in [2.05, 4.69) is 26.0 Å². The number of imidazole rings is 1. The van der Waals surface area contributed by atoms with Gasteiger partial charge in [0.1, 0.15) is 4.60 Å². The van der Waals surface area contributed by atoms with Crippen molar-refractivity contribution in [2.24, 2.45) is 0 Å². The highest BCUT2D eigenvalue weighted by atomic mass is 79.9. The number of halogens is 1. The zero-order chi connectivity index (χ0) is 14.2. The van der Waals surface area contributed by atoms with E-state index in [4.69, 9.17) is 9.47 Å². The van der Waals surface area contributed by atoms with Crippen molar-refractivity contribution in [1.82, 2.24) is 14.6 Å². The number of rotatable bonds is 3. The number of carbonyl (C=O) groups excluding carboxylic acids is 1. The average Bonchev–Trinajstić information content (AvgIpc) is 2.76. The molecular weight excluding hydrogens is 314 g/mol. The van der Waals surface area contributed by atoms with Crippen LogP contribution in [-0.4, -0.2) is 34.8 Å². The minimum atomic E-state index is -0.696. The van der Waals surface area contributed by atoms with Crippen LogP contribution in [0, 0.1) is 0 Å². The van der Waals surface area contributed by atoms with E-state index in [1.807, 2.05) is 13.8 Å². The van der Waals surface area contributed by atoms with Gasteiger partial charge in [-0.3, -0.25) is 0 Å². The molecule has 102 valence electrons. The normalized spacial score (nSPS) is 11.8. The van der Waals surface area contributed by atoms with E-state index in [-0.39, 0.29) is 0 Å². The van der Waals surface area contributed by atoms with Gasteiger partial charge in [-0.15, -0.1) is 0 Å². The maximum atomic E-state index is 11.9. The van der Waals surface area contributed by atoms with Crippen LogP contribution in [0.15, 0.2) is 17.0 Å². The van der Waals surface area contributed by atoms with Gasteiger partial charge in [-0.2, -0.15) is 5.10 Å². The molecule has 0 bridgehead atoms. The third-order valence-corrected chi connectivity index (χ3v) is 3.36. The Labute approximate surface area is 118 Å². The lowest BCUT2D eigenvalue weighted by molar-refractivity contribution is 0.0178. The molecule has 2 aromatic heterocycles. The Kier molecular flexibility index (Phi) is 3.60. The first kappa shape index (κ1) is 14.0. The van der Waals surface area contributed by atoms with Crippen LogP contribution in [0.5, 0.6) is 0 Å². The molecule has 0 atom stereocenters. The number of ether oxygens (including phenoxy) is 2. The van der Waals surface area contributed by atoms with Gasteiger partial charge in [-0.25, -0.2) is 14.3 Å². The Balaban J connectivity index is 2.82. The predicted octanol–water partition coefficient (Wildman–Crippen LogP) is 2.16. The zero-order valence-electron chi connectivity index (χ0n) is 11.1. The molecule has 0 N–H and O–H groups in total. The smallest absolute Gasteiger partial charge is 0.340 e. The molecule has 6 nitrogen and oxygen atoms in total. The van der Waals surface area contributed by atoms with E-state index in [9.17, 15) is 4.79 Å². The molecule has 0 aliphatic rings. The predicted molar refractivity (Wildman–Crippen MR) is 72.1 cm³/mol. The standard InChI is InChI=1S/C12H14BrN3O3/c1-12(2,19-4)9-7(11(17)18-3)5-14-16-6-8(13)15-10(9)16/h5-6H,1-4H3. The molecule has 0 saturated carbocycles. The van der Waals surface area contributed by atoms with Gasteiger partial charge in [0, 0.05) is 12.7 Å². The first-order chi connectivity index (χ1) is 8.90. The maximum Gasteiger partial charge on any atom is 0.340 e. The van der Waals surface area contributed by atoms with Gasteiger partial charge in [-0.1, -0.05) is 0 Å². The first-order valence-corrected chi connectivity index (χ1v) is 6.38. The van der Waals surface area contributed by atoms with Crippen molar-refractivity contribution in [2.75, 3.05) is 14.2 Å². The fourth-order valence-corrected chi connectivity index (χ4v) is 2.23. The second-order valence-corrected chi connectivity index (χ2v) is 5.28. The van der Waals surface area contributed by atoms with E-state index in [1.165, 1.54) is 13.3 Å². The third-order valence-electron chi connectivity index (χ3n) is 2.98. The lowest BCUT2D eigenvalue weighted by Crippen LogP contribution is -2.25. The molecule has 0 aliphatic carbocycles. The molecule has 2 aromatic rings. The number of carbonyl (C=O) groups is 1. The van der Waals surface area contributed by atoms with Gasteiger partial charge in [-0.05, 0) is 29.8 Å². The summed E-state index contributed by atoms with van der Waals surface area (Å²) in [7, 11) is 2.91. The fraction of sp³-hybridized carbons (Fsp3) is 0.417. The highest BCUT2D eigenvalue weighted by molar-refractivity contribution is 9.10. The number of hydrogen-bond donors (Lipinski definition) is 0. The molecule has 2 rings (SSSR count). The molecule has 0 aliphatic heterocycles. The summed E-state index contributed by atoms with van der Waals surface area (Å²) in [5, 5.41) is 4.15. The largest absolute Gasteiger partial charge is 0.465 e. The maximum absolute atomic E-state index is 11.9. The lowest BCUT2D eigenvalue weighted by atomic mass is 9.95. The molecule has 2 heterocycles. The van der Waals surface area contributed by atoms with Crippen LogP contribution in [0.1, 0.15) is 29.8 Å². The summed E-state index contributed by atoms with van der Waals surface area (Å²) in [4.78, 5) is 16.2. The number of nitrogens with zero attached hydrogens (tertiary/aromatic N) is 3. The molecule has 0 saturated heterocycles. The van der Waals surface area contributed by atoms with E-state index < -0.39 is 11.6 Å².